The molecule has 0 spiro atoms. The van der Waals surface area contributed by atoms with Crippen molar-refractivity contribution >= 4 is 0 Å². The molecule has 168 valence electrons. The highest BCUT2D eigenvalue weighted by Crippen LogP contribution is 2.30. The first-order valence-corrected chi connectivity index (χ1v) is 10.5. The Morgan fingerprint density at radius 1 is 1.00 bits per heavy atom. The van der Waals surface area contributed by atoms with Crippen LogP contribution in [0.3, 0.4) is 0 Å². The zero-order valence-electron chi connectivity index (χ0n) is 17.5. The summed E-state index contributed by atoms with van der Waals surface area (Å²) in [7, 11) is 0. The monoisotopic (exact) mass is 451 g/mol. The van der Waals surface area contributed by atoms with Crippen molar-refractivity contribution in [2.45, 2.75) is 25.7 Å². The van der Waals surface area contributed by atoms with Crippen LogP contribution in [0.1, 0.15) is 22.4 Å². The standard InChI is InChI=1S/C24H20F3N5O/c25-24(26,27)18-8-6-16(7-9-18)22-29-20-10-11-32(14-19(20)23(33)30-22)13-17-12-28-31-21(17)15-4-2-1-3-5-15/h1-9,12H,10-11,13-14H2,(H,28,31)(H,29,30,33). The van der Waals surface area contributed by atoms with E-state index in [1.165, 1.54) is 12.1 Å². The Kier molecular flexibility index (Phi) is 5.33. The molecule has 0 bridgehead atoms. The summed E-state index contributed by atoms with van der Waals surface area (Å²) >= 11 is 0. The molecule has 33 heavy (non-hydrogen) atoms. The highest BCUT2D eigenvalue weighted by atomic mass is 19.4. The Balaban J connectivity index is 1.36. The van der Waals surface area contributed by atoms with Gasteiger partial charge in [-0.05, 0) is 17.7 Å². The first kappa shape index (κ1) is 21.1. The number of nitrogens with one attached hydrogen (secondary N) is 2. The van der Waals surface area contributed by atoms with Gasteiger partial charge in [0.2, 0.25) is 0 Å². The first-order valence-electron chi connectivity index (χ1n) is 10.5. The van der Waals surface area contributed by atoms with Crippen molar-refractivity contribution in [1.29, 1.82) is 0 Å². The average Bonchev–Trinajstić information content (AvgIpc) is 3.27. The van der Waals surface area contributed by atoms with Crippen molar-refractivity contribution in [1.82, 2.24) is 25.1 Å². The van der Waals surface area contributed by atoms with Crippen molar-refractivity contribution in [3.8, 4) is 22.6 Å². The van der Waals surface area contributed by atoms with Gasteiger partial charge in [0.15, 0.2) is 0 Å². The van der Waals surface area contributed by atoms with Gasteiger partial charge in [0, 0.05) is 37.2 Å². The van der Waals surface area contributed by atoms with Gasteiger partial charge in [0.1, 0.15) is 5.82 Å². The van der Waals surface area contributed by atoms with E-state index >= 15 is 0 Å². The van der Waals surface area contributed by atoms with Crippen LogP contribution in [0.25, 0.3) is 22.6 Å². The lowest BCUT2D eigenvalue weighted by molar-refractivity contribution is -0.137. The summed E-state index contributed by atoms with van der Waals surface area (Å²) < 4.78 is 38.5. The summed E-state index contributed by atoms with van der Waals surface area (Å²) in [5.74, 6) is 0.280. The molecule has 0 fully saturated rings. The zero-order valence-corrected chi connectivity index (χ0v) is 17.5. The number of aromatic amines is 2. The molecule has 0 atom stereocenters. The SMILES string of the molecule is O=c1[nH]c(-c2ccc(C(F)(F)F)cc2)nc2c1CN(Cc1cn[nH]c1-c1ccccc1)CC2. The number of H-pyrrole nitrogens is 2. The summed E-state index contributed by atoms with van der Waals surface area (Å²) in [6.45, 7) is 1.76. The zero-order chi connectivity index (χ0) is 23.0. The minimum atomic E-state index is -4.41. The molecule has 1 aliphatic rings. The summed E-state index contributed by atoms with van der Waals surface area (Å²) in [6, 6.07) is 14.6. The number of hydrogen-bond donors (Lipinski definition) is 2. The van der Waals surface area contributed by atoms with Gasteiger partial charge >= 0.3 is 6.18 Å². The van der Waals surface area contributed by atoms with Gasteiger partial charge in [-0.2, -0.15) is 18.3 Å². The quantitative estimate of drug-likeness (QED) is 0.482. The molecule has 2 N–H and O–H groups in total. The van der Waals surface area contributed by atoms with E-state index in [0.29, 0.717) is 42.9 Å². The maximum Gasteiger partial charge on any atom is 0.416 e. The molecule has 4 aromatic rings. The van der Waals surface area contributed by atoms with Crippen molar-refractivity contribution in [2.75, 3.05) is 6.54 Å². The van der Waals surface area contributed by atoms with Crippen molar-refractivity contribution in [2.24, 2.45) is 0 Å². The largest absolute Gasteiger partial charge is 0.416 e. The molecule has 5 rings (SSSR count). The molecule has 0 saturated heterocycles. The number of halogens is 3. The lowest BCUT2D eigenvalue weighted by Gasteiger charge is -2.27. The van der Waals surface area contributed by atoms with Crippen LogP contribution < -0.4 is 5.56 Å². The highest BCUT2D eigenvalue weighted by Gasteiger charge is 2.30. The van der Waals surface area contributed by atoms with E-state index in [4.69, 9.17) is 0 Å². The fraction of sp³-hybridized carbons (Fsp3) is 0.208. The number of rotatable bonds is 4. The number of aromatic nitrogens is 4. The lowest BCUT2D eigenvalue weighted by atomic mass is 10.0. The molecule has 0 aliphatic carbocycles. The van der Waals surface area contributed by atoms with Gasteiger partial charge in [0.25, 0.3) is 5.56 Å². The summed E-state index contributed by atoms with van der Waals surface area (Å²) in [4.78, 5) is 22.2. The van der Waals surface area contributed by atoms with Gasteiger partial charge in [-0.1, -0.05) is 42.5 Å². The molecule has 0 saturated carbocycles. The molecule has 2 aromatic carbocycles. The van der Waals surface area contributed by atoms with Crippen LogP contribution in [-0.4, -0.2) is 31.6 Å². The Morgan fingerprint density at radius 3 is 2.48 bits per heavy atom. The van der Waals surface area contributed by atoms with Gasteiger partial charge < -0.3 is 4.98 Å². The number of hydrogen-bond acceptors (Lipinski definition) is 4. The topological polar surface area (TPSA) is 77.7 Å². The molecular formula is C24H20F3N5O. The molecule has 1 aliphatic heterocycles. The summed E-state index contributed by atoms with van der Waals surface area (Å²) in [5, 5.41) is 7.24. The summed E-state index contributed by atoms with van der Waals surface area (Å²) in [5.41, 5.74) is 3.73. The third-order valence-electron chi connectivity index (χ3n) is 5.81. The van der Waals surface area contributed by atoms with Crippen LogP contribution in [0.15, 0.2) is 65.6 Å². The van der Waals surface area contributed by atoms with Crippen LogP contribution in [0.5, 0.6) is 0 Å². The van der Waals surface area contributed by atoms with Crippen LogP contribution in [0.2, 0.25) is 0 Å². The maximum absolute atomic E-state index is 12.8. The Hall–Kier alpha value is -3.72. The second kappa shape index (κ2) is 8.32. The van der Waals surface area contributed by atoms with E-state index in [9.17, 15) is 18.0 Å². The van der Waals surface area contributed by atoms with Gasteiger partial charge in [-0.25, -0.2) is 4.98 Å². The molecule has 9 heteroatoms. The highest BCUT2D eigenvalue weighted by molar-refractivity contribution is 5.62. The fourth-order valence-electron chi connectivity index (χ4n) is 4.10. The molecular weight excluding hydrogens is 431 g/mol. The average molecular weight is 451 g/mol. The first-order chi connectivity index (χ1) is 15.9. The predicted molar refractivity (Wildman–Crippen MR) is 117 cm³/mol. The van der Waals surface area contributed by atoms with Crippen molar-refractivity contribution in [3.63, 3.8) is 0 Å². The number of alkyl halides is 3. The minimum absolute atomic E-state index is 0.268. The van der Waals surface area contributed by atoms with E-state index in [2.05, 4.69) is 25.1 Å². The van der Waals surface area contributed by atoms with Crippen LogP contribution in [-0.2, 0) is 25.7 Å². The molecule has 0 unspecified atom stereocenters. The molecule has 6 nitrogen and oxygen atoms in total. The van der Waals surface area contributed by atoms with E-state index in [1.807, 2.05) is 30.3 Å². The number of nitrogens with zero attached hydrogens (tertiary/aromatic N) is 3. The fourth-order valence-corrected chi connectivity index (χ4v) is 4.10. The Bertz CT molecular complexity index is 1330. The van der Waals surface area contributed by atoms with Gasteiger partial charge in [-0.15, -0.1) is 0 Å². The molecule has 0 amide bonds. The second-order valence-corrected chi connectivity index (χ2v) is 8.01. The third kappa shape index (κ3) is 4.31. The van der Waals surface area contributed by atoms with Crippen LogP contribution >= 0.6 is 0 Å². The van der Waals surface area contributed by atoms with Crippen LogP contribution in [0, 0.1) is 0 Å². The van der Waals surface area contributed by atoms with E-state index in [-0.39, 0.29) is 11.4 Å². The molecule has 3 heterocycles. The van der Waals surface area contributed by atoms with Crippen molar-refractivity contribution in [3.05, 3.63) is 93.5 Å². The third-order valence-corrected chi connectivity index (χ3v) is 5.81. The molecule has 0 radical (unpaired) electrons. The summed E-state index contributed by atoms with van der Waals surface area (Å²) in [6.07, 6.45) is -2.03. The maximum atomic E-state index is 12.8. The van der Waals surface area contributed by atoms with Crippen molar-refractivity contribution < 1.29 is 13.2 Å². The number of fused-ring (bicyclic) bond motifs is 1. The van der Waals surface area contributed by atoms with E-state index < -0.39 is 11.7 Å². The minimum Gasteiger partial charge on any atom is -0.306 e. The Morgan fingerprint density at radius 2 is 1.76 bits per heavy atom. The smallest absolute Gasteiger partial charge is 0.306 e. The predicted octanol–water partition coefficient (Wildman–Crippen LogP) is 4.40. The van der Waals surface area contributed by atoms with Gasteiger partial charge in [-0.3, -0.25) is 14.8 Å². The normalized spacial score (nSPS) is 14.3. The number of benzene rings is 2. The lowest BCUT2D eigenvalue weighted by Crippen LogP contribution is -2.35. The van der Waals surface area contributed by atoms with E-state index in [0.717, 1.165) is 29.0 Å². The van der Waals surface area contributed by atoms with Gasteiger partial charge in [0.05, 0.1) is 28.7 Å². The molecule has 2 aromatic heterocycles. The second-order valence-electron chi connectivity index (χ2n) is 8.01. The van der Waals surface area contributed by atoms with Crippen LogP contribution in [0.4, 0.5) is 13.2 Å². The Labute approximate surface area is 187 Å². The van der Waals surface area contributed by atoms with E-state index in [1.54, 1.807) is 6.20 Å².